The molecule has 6 heteroatoms. The fourth-order valence-corrected chi connectivity index (χ4v) is 2.49. The van der Waals surface area contributed by atoms with Gasteiger partial charge in [0.2, 0.25) is 0 Å². The number of amides is 1. The Balaban J connectivity index is 2.11. The molecule has 6 nitrogen and oxygen atoms in total. The van der Waals surface area contributed by atoms with Crippen molar-refractivity contribution in [2.24, 2.45) is 0 Å². The molecule has 0 radical (unpaired) electrons. The van der Waals surface area contributed by atoms with Gasteiger partial charge in [0, 0.05) is 37.1 Å². The van der Waals surface area contributed by atoms with Crippen LogP contribution in [0.2, 0.25) is 0 Å². The normalized spacial score (nSPS) is 10.2. The summed E-state index contributed by atoms with van der Waals surface area (Å²) in [5.74, 6) is 0.883. The number of hydrogen-bond acceptors (Lipinski definition) is 5. The lowest BCUT2D eigenvalue weighted by Gasteiger charge is -2.21. The van der Waals surface area contributed by atoms with Gasteiger partial charge in [-0.25, -0.2) is 9.97 Å². The summed E-state index contributed by atoms with van der Waals surface area (Å²) in [6.45, 7) is 12.1. The minimum Gasteiger partial charge on any atom is -0.372 e. The van der Waals surface area contributed by atoms with E-state index < -0.39 is 0 Å². The second kappa shape index (κ2) is 8.82. The van der Waals surface area contributed by atoms with Crippen LogP contribution in [0.5, 0.6) is 0 Å². The number of aromatic nitrogens is 2. The first-order chi connectivity index (χ1) is 12.1. The van der Waals surface area contributed by atoms with E-state index in [9.17, 15) is 4.79 Å². The summed E-state index contributed by atoms with van der Waals surface area (Å²) in [4.78, 5) is 23.2. The molecule has 0 aliphatic carbocycles. The van der Waals surface area contributed by atoms with Crippen LogP contribution < -0.4 is 15.5 Å². The Kier molecular flexibility index (Phi) is 6.51. The van der Waals surface area contributed by atoms with Gasteiger partial charge in [-0.05, 0) is 45.0 Å². The highest BCUT2D eigenvalue weighted by atomic mass is 16.1. The maximum Gasteiger partial charge on any atom is 0.274 e. The Bertz CT molecular complexity index is 723. The summed E-state index contributed by atoms with van der Waals surface area (Å²) in [5, 5.41) is 5.95. The van der Waals surface area contributed by atoms with Crippen LogP contribution in [-0.2, 0) is 0 Å². The van der Waals surface area contributed by atoms with Crippen molar-refractivity contribution < 1.29 is 4.79 Å². The summed E-state index contributed by atoms with van der Waals surface area (Å²) >= 11 is 0. The standard InChI is InChI=1S/C19H25N5O/c1-5-12-20-18-13-17(21-14(4)22-18)19(25)23-15-8-10-16(11-9-15)24(6-2)7-3/h5,8-11,13H,1,6-7,12H2,2-4H3,(H,23,25)(H,20,21,22). The molecular weight excluding hydrogens is 314 g/mol. The van der Waals surface area contributed by atoms with Crippen LogP contribution in [0, 0.1) is 6.92 Å². The SMILES string of the molecule is C=CCNc1cc(C(=O)Nc2ccc(N(CC)CC)cc2)nc(C)n1. The number of aryl methyl sites for hydroxylation is 1. The molecule has 0 aliphatic heterocycles. The Morgan fingerprint density at radius 1 is 1.20 bits per heavy atom. The minimum atomic E-state index is -0.261. The number of nitrogens with one attached hydrogen (secondary N) is 2. The van der Waals surface area contributed by atoms with Crippen LogP contribution in [0.3, 0.4) is 0 Å². The maximum absolute atomic E-state index is 12.5. The lowest BCUT2D eigenvalue weighted by atomic mass is 10.2. The predicted molar refractivity (Wildman–Crippen MR) is 103 cm³/mol. The Morgan fingerprint density at radius 3 is 2.48 bits per heavy atom. The second-order valence-corrected chi connectivity index (χ2v) is 5.53. The summed E-state index contributed by atoms with van der Waals surface area (Å²) in [6.07, 6.45) is 1.73. The summed E-state index contributed by atoms with van der Waals surface area (Å²) in [6, 6.07) is 9.44. The average molecular weight is 339 g/mol. The van der Waals surface area contributed by atoms with Gasteiger partial charge >= 0.3 is 0 Å². The molecule has 0 saturated heterocycles. The molecule has 1 aromatic carbocycles. The average Bonchev–Trinajstić information content (AvgIpc) is 2.62. The molecule has 0 spiro atoms. The van der Waals surface area contributed by atoms with E-state index in [0.717, 1.165) is 24.5 Å². The van der Waals surface area contributed by atoms with Crippen LogP contribution in [0.4, 0.5) is 17.2 Å². The van der Waals surface area contributed by atoms with Crippen molar-refractivity contribution in [3.63, 3.8) is 0 Å². The molecule has 2 rings (SSSR count). The maximum atomic E-state index is 12.5. The van der Waals surface area contributed by atoms with E-state index in [1.165, 1.54) is 0 Å². The van der Waals surface area contributed by atoms with Gasteiger partial charge in [-0.15, -0.1) is 6.58 Å². The van der Waals surface area contributed by atoms with Gasteiger partial charge < -0.3 is 15.5 Å². The van der Waals surface area contributed by atoms with Crippen molar-refractivity contribution in [1.82, 2.24) is 9.97 Å². The van der Waals surface area contributed by atoms with Gasteiger partial charge in [-0.3, -0.25) is 4.79 Å². The third kappa shape index (κ3) is 5.04. The quantitative estimate of drug-likeness (QED) is 0.721. The Labute approximate surface area is 149 Å². The first kappa shape index (κ1) is 18.4. The zero-order valence-corrected chi connectivity index (χ0v) is 15.0. The van der Waals surface area contributed by atoms with Crippen molar-refractivity contribution in [3.05, 3.63) is 54.5 Å². The molecule has 2 N–H and O–H groups in total. The largest absolute Gasteiger partial charge is 0.372 e. The van der Waals surface area contributed by atoms with Crippen molar-refractivity contribution in [1.29, 1.82) is 0 Å². The number of anilines is 3. The molecule has 0 bridgehead atoms. The molecule has 2 aromatic rings. The van der Waals surface area contributed by atoms with E-state index in [1.807, 2.05) is 24.3 Å². The fraction of sp³-hybridized carbons (Fsp3) is 0.316. The Morgan fingerprint density at radius 2 is 1.88 bits per heavy atom. The van der Waals surface area contributed by atoms with Gasteiger partial charge in [-0.1, -0.05) is 6.08 Å². The van der Waals surface area contributed by atoms with Crippen LogP contribution in [0.25, 0.3) is 0 Å². The Hall–Kier alpha value is -2.89. The zero-order valence-electron chi connectivity index (χ0n) is 15.0. The lowest BCUT2D eigenvalue weighted by molar-refractivity contribution is 0.102. The van der Waals surface area contributed by atoms with Crippen molar-refractivity contribution in [2.45, 2.75) is 20.8 Å². The summed E-state index contributed by atoms with van der Waals surface area (Å²) < 4.78 is 0. The molecule has 25 heavy (non-hydrogen) atoms. The smallest absolute Gasteiger partial charge is 0.274 e. The molecule has 1 aromatic heterocycles. The molecule has 0 saturated carbocycles. The highest BCUT2D eigenvalue weighted by molar-refractivity contribution is 6.03. The number of carbonyl (C=O) groups is 1. The molecule has 0 fully saturated rings. The number of nitrogens with zero attached hydrogens (tertiary/aromatic N) is 3. The molecule has 0 unspecified atom stereocenters. The summed E-state index contributed by atoms with van der Waals surface area (Å²) in [5.41, 5.74) is 2.20. The fourth-order valence-electron chi connectivity index (χ4n) is 2.49. The topological polar surface area (TPSA) is 70.2 Å². The summed E-state index contributed by atoms with van der Waals surface area (Å²) in [7, 11) is 0. The third-order valence-electron chi connectivity index (χ3n) is 3.75. The predicted octanol–water partition coefficient (Wildman–Crippen LogP) is 3.48. The van der Waals surface area contributed by atoms with Gasteiger partial charge in [0.1, 0.15) is 17.3 Å². The molecule has 0 aliphatic rings. The van der Waals surface area contributed by atoms with E-state index in [-0.39, 0.29) is 5.91 Å². The molecule has 0 atom stereocenters. The lowest BCUT2D eigenvalue weighted by Crippen LogP contribution is -2.21. The van der Waals surface area contributed by atoms with Gasteiger partial charge in [0.05, 0.1) is 0 Å². The van der Waals surface area contributed by atoms with Crippen LogP contribution >= 0.6 is 0 Å². The zero-order chi connectivity index (χ0) is 18.2. The molecule has 1 amide bonds. The van der Waals surface area contributed by atoms with Crippen molar-refractivity contribution in [2.75, 3.05) is 35.2 Å². The third-order valence-corrected chi connectivity index (χ3v) is 3.75. The van der Waals surface area contributed by atoms with E-state index >= 15 is 0 Å². The van der Waals surface area contributed by atoms with E-state index in [2.05, 4.69) is 45.9 Å². The number of benzene rings is 1. The first-order valence-corrected chi connectivity index (χ1v) is 8.44. The van der Waals surface area contributed by atoms with E-state index in [0.29, 0.717) is 23.9 Å². The monoisotopic (exact) mass is 339 g/mol. The van der Waals surface area contributed by atoms with Crippen molar-refractivity contribution in [3.8, 4) is 0 Å². The van der Waals surface area contributed by atoms with Crippen LogP contribution in [0.15, 0.2) is 43.0 Å². The number of carbonyl (C=O) groups excluding carboxylic acids is 1. The highest BCUT2D eigenvalue weighted by Crippen LogP contribution is 2.18. The molecular formula is C19H25N5O. The van der Waals surface area contributed by atoms with Gasteiger partial charge in [0.15, 0.2) is 0 Å². The second-order valence-electron chi connectivity index (χ2n) is 5.53. The number of rotatable bonds is 8. The van der Waals surface area contributed by atoms with E-state index in [4.69, 9.17) is 0 Å². The number of hydrogen-bond donors (Lipinski definition) is 2. The first-order valence-electron chi connectivity index (χ1n) is 8.44. The molecule has 1 heterocycles. The van der Waals surface area contributed by atoms with Crippen LogP contribution in [-0.4, -0.2) is 35.5 Å². The van der Waals surface area contributed by atoms with Gasteiger partial charge in [-0.2, -0.15) is 0 Å². The highest BCUT2D eigenvalue weighted by Gasteiger charge is 2.11. The molecule has 132 valence electrons. The minimum absolute atomic E-state index is 0.261. The van der Waals surface area contributed by atoms with E-state index in [1.54, 1.807) is 19.1 Å². The van der Waals surface area contributed by atoms with Crippen LogP contribution in [0.1, 0.15) is 30.2 Å². The van der Waals surface area contributed by atoms with Crippen molar-refractivity contribution >= 4 is 23.1 Å². The van der Waals surface area contributed by atoms with Gasteiger partial charge in [0.25, 0.3) is 5.91 Å².